The molecule has 1 unspecified atom stereocenters. The molecule has 1 atom stereocenters. The number of rotatable bonds is 6. The third kappa shape index (κ3) is 4.83. The molecule has 1 saturated heterocycles. The average Bonchev–Trinajstić information content (AvgIpc) is 3.09. The van der Waals surface area contributed by atoms with Crippen molar-refractivity contribution in [1.29, 1.82) is 0 Å². The van der Waals surface area contributed by atoms with Crippen LogP contribution in [-0.4, -0.2) is 38.0 Å². The molecule has 0 spiro atoms. The summed E-state index contributed by atoms with van der Waals surface area (Å²) in [4.78, 5) is 14.4. The zero-order valence-corrected chi connectivity index (χ0v) is 18.9. The van der Waals surface area contributed by atoms with Gasteiger partial charge >= 0.3 is 5.63 Å². The van der Waals surface area contributed by atoms with Crippen LogP contribution in [0.2, 0.25) is 0 Å². The van der Waals surface area contributed by atoms with Crippen LogP contribution in [0.3, 0.4) is 0 Å². The summed E-state index contributed by atoms with van der Waals surface area (Å²) in [6.07, 6.45) is 0.593. The van der Waals surface area contributed by atoms with Crippen LogP contribution in [0.1, 0.15) is 28.7 Å². The first-order valence-corrected chi connectivity index (χ1v) is 12.2. The van der Waals surface area contributed by atoms with E-state index in [0.717, 1.165) is 33.4 Å². The third-order valence-electron chi connectivity index (χ3n) is 6.09. The second kappa shape index (κ2) is 8.48. The van der Waals surface area contributed by atoms with Gasteiger partial charge in [0.05, 0.1) is 18.6 Å². The summed E-state index contributed by atoms with van der Waals surface area (Å²) < 4.78 is 35.0. The van der Waals surface area contributed by atoms with Crippen molar-refractivity contribution in [3.8, 4) is 5.75 Å². The molecule has 0 aliphatic carbocycles. The Hall–Kier alpha value is -2.64. The van der Waals surface area contributed by atoms with Crippen molar-refractivity contribution in [2.75, 3.05) is 18.6 Å². The van der Waals surface area contributed by atoms with E-state index in [1.165, 1.54) is 6.07 Å². The quantitative estimate of drug-likeness (QED) is 0.544. The SMILES string of the molecule is COc1ccc(CN(Cc2cc(=O)oc3cc(C)c(C)cc23)C2CCS(=O)(=O)C2)cc1. The van der Waals surface area contributed by atoms with Crippen molar-refractivity contribution in [3.05, 3.63) is 75.1 Å². The van der Waals surface area contributed by atoms with Gasteiger partial charge in [-0.15, -0.1) is 0 Å². The van der Waals surface area contributed by atoms with Gasteiger partial charge in [-0.05, 0) is 66.8 Å². The van der Waals surface area contributed by atoms with Crippen LogP contribution in [0.5, 0.6) is 5.75 Å². The fourth-order valence-corrected chi connectivity index (χ4v) is 5.94. The number of hydrogen-bond donors (Lipinski definition) is 0. The van der Waals surface area contributed by atoms with Crippen LogP contribution in [0, 0.1) is 13.8 Å². The summed E-state index contributed by atoms with van der Waals surface area (Å²) in [7, 11) is -1.42. The molecule has 0 radical (unpaired) electrons. The van der Waals surface area contributed by atoms with Crippen LogP contribution < -0.4 is 10.4 Å². The Morgan fingerprint density at radius 2 is 1.77 bits per heavy atom. The Labute approximate surface area is 182 Å². The first-order valence-electron chi connectivity index (χ1n) is 10.4. The fraction of sp³-hybridized carbons (Fsp3) is 0.375. The highest BCUT2D eigenvalue weighted by molar-refractivity contribution is 7.91. The fourth-order valence-electron chi connectivity index (χ4n) is 4.18. The molecule has 3 aromatic rings. The van der Waals surface area contributed by atoms with Crippen molar-refractivity contribution in [2.24, 2.45) is 0 Å². The summed E-state index contributed by atoms with van der Waals surface area (Å²) in [5.41, 5.74) is 4.26. The summed E-state index contributed by atoms with van der Waals surface area (Å²) in [6, 6.07) is 13.1. The first kappa shape index (κ1) is 21.6. The van der Waals surface area contributed by atoms with Crippen molar-refractivity contribution < 1.29 is 17.6 Å². The van der Waals surface area contributed by atoms with Gasteiger partial charge in [-0.2, -0.15) is 0 Å². The summed E-state index contributed by atoms with van der Waals surface area (Å²) in [6.45, 7) is 5.07. The van der Waals surface area contributed by atoms with Gasteiger partial charge in [0.15, 0.2) is 9.84 Å². The molecule has 31 heavy (non-hydrogen) atoms. The highest BCUT2D eigenvalue weighted by Gasteiger charge is 2.32. The molecule has 1 aliphatic rings. The highest BCUT2D eigenvalue weighted by Crippen LogP contribution is 2.27. The Morgan fingerprint density at radius 3 is 2.42 bits per heavy atom. The van der Waals surface area contributed by atoms with E-state index in [4.69, 9.17) is 9.15 Å². The smallest absolute Gasteiger partial charge is 0.336 e. The molecular weight excluding hydrogens is 414 g/mol. The van der Waals surface area contributed by atoms with E-state index in [9.17, 15) is 13.2 Å². The lowest BCUT2D eigenvalue weighted by Gasteiger charge is -2.28. The van der Waals surface area contributed by atoms with Crippen molar-refractivity contribution in [3.63, 3.8) is 0 Å². The summed E-state index contributed by atoms with van der Waals surface area (Å²) in [5, 5.41) is 0.892. The normalized spacial score (nSPS) is 18.0. The number of nitrogens with zero attached hydrogens (tertiary/aromatic N) is 1. The number of ether oxygens (including phenoxy) is 1. The van der Waals surface area contributed by atoms with Crippen molar-refractivity contribution in [1.82, 2.24) is 4.90 Å². The third-order valence-corrected chi connectivity index (χ3v) is 7.84. The van der Waals surface area contributed by atoms with Gasteiger partial charge in [-0.3, -0.25) is 4.90 Å². The van der Waals surface area contributed by atoms with E-state index in [2.05, 4.69) is 4.90 Å². The lowest BCUT2D eigenvalue weighted by Crippen LogP contribution is -2.35. The predicted molar refractivity (Wildman–Crippen MR) is 121 cm³/mol. The van der Waals surface area contributed by atoms with Crippen LogP contribution in [-0.2, 0) is 22.9 Å². The molecule has 164 valence electrons. The molecule has 6 nitrogen and oxygen atoms in total. The molecule has 0 amide bonds. The summed E-state index contributed by atoms with van der Waals surface area (Å²) >= 11 is 0. The molecular formula is C24H27NO5S. The van der Waals surface area contributed by atoms with Gasteiger partial charge in [0, 0.05) is 30.6 Å². The minimum absolute atomic E-state index is 0.0963. The van der Waals surface area contributed by atoms with Gasteiger partial charge in [0.2, 0.25) is 0 Å². The number of methoxy groups -OCH3 is 1. The van der Waals surface area contributed by atoms with Crippen LogP contribution in [0.15, 0.2) is 51.7 Å². The van der Waals surface area contributed by atoms with Crippen molar-refractivity contribution >= 4 is 20.8 Å². The minimum Gasteiger partial charge on any atom is -0.497 e. The molecule has 0 saturated carbocycles. The van der Waals surface area contributed by atoms with Gasteiger partial charge in [0.25, 0.3) is 0 Å². The number of benzene rings is 2. The number of aryl methyl sites for hydroxylation is 2. The van der Waals surface area contributed by atoms with E-state index < -0.39 is 15.5 Å². The van der Waals surface area contributed by atoms with Gasteiger partial charge in [-0.1, -0.05) is 12.1 Å². The maximum atomic E-state index is 12.2. The zero-order chi connectivity index (χ0) is 22.2. The summed E-state index contributed by atoms with van der Waals surface area (Å²) in [5.74, 6) is 1.12. The molecule has 7 heteroatoms. The molecule has 0 bridgehead atoms. The van der Waals surface area contributed by atoms with Crippen LogP contribution in [0.25, 0.3) is 11.0 Å². The molecule has 2 heterocycles. The standard InChI is InChI=1S/C24H27NO5S/c1-16-10-22-19(12-24(26)30-23(22)11-17(16)2)14-25(20-8-9-31(27,28)15-20)13-18-4-6-21(29-3)7-5-18/h4-7,10-12,20H,8-9,13-15H2,1-3H3. The molecule has 4 rings (SSSR count). The molecule has 1 aromatic heterocycles. The number of sulfone groups is 1. The lowest BCUT2D eigenvalue weighted by atomic mass is 10.0. The Balaban J connectivity index is 1.72. The van der Waals surface area contributed by atoms with Crippen LogP contribution in [0.4, 0.5) is 0 Å². The van der Waals surface area contributed by atoms with E-state index in [-0.39, 0.29) is 17.5 Å². The minimum atomic E-state index is -3.04. The second-order valence-corrected chi connectivity index (χ2v) is 10.6. The van der Waals surface area contributed by atoms with Crippen molar-refractivity contribution in [2.45, 2.75) is 39.4 Å². The molecule has 2 aromatic carbocycles. The largest absolute Gasteiger partial charge is 0.497 e. The maximum Gasteiger partial charge on any atom is 0.336 e. The van der Waals surface area contributed by atoms with Gasteiger partial charge in [-0.25, -0.2) is 13.2 Å². The van der Waals surface area contributed by atoms with Gasteiger partial charge < -0.3 is 9.15 Å². The van der Waals surface area contributed by atoms with E-state index >= 15 is 0 Å². The van der Waals surface area contributed by atoms with Crippen LogP contribution >= 0.6 is 0 Å². The average molecular weight is 442 g/mol. The molecule has 0 N–H and O–H groups in total. The van der Waals surface area contributed by atoms with Gasteiger partial charge in [0.1, 0.15) is 11.3 Å². The Bertz CT molecular complexity index is 1260. The lowest BCUT2D eigenvalue weighted by molar-refractivity contribution is 0.194. The Morgan fingerprint density at radius 1 is 1.06 bits per heavy atom. The number of fused-ring (bicyclic) bond motifs is 1. The highest BCUT2D eigenvalue weighted by atomic mass is 32.2. The van der Waals surface area contributed by atoms with E-state index in [1.54, 1.807) is 7.11 Å². The molecule has 1 fully saturated rings. The second-order valence-electron chi connectivity index (χ2n) is 8.33. The molecule has 1 aliphatic heterocycles. The Kier molecular flexibility index (Phi) is 5.90. The predicted octanol–water partition coefficient (Wildman–Crippen LogP) is 3.61. The zero-order valence-electron chi connectivity index (χ0n) is 18.1. The van der Waals surface area contributed by atoms with E-state index in [1.807, 2.05) is 50.2 Å². The maximum absolute atomic E-state index is 12.2. The number of hydrogen-bond acceptors (Lipinski definition) is 6. The first-order chi connectivity index (χ1) is 14.7. The topological polar surface area (TPSA) is 76.8 Å². The van der Waals surface area contributed by atoms with E-state index in [0.29, 0.717) is 25.1 Å². The monoisotopic (exact) mass is 441 g/mol.